The van der Waals surface area contributed by atoms with Gasteiger partial charge in [0.25, 0.3) is 5.91 Å². The van der Waals surface area contributed by atoms with Gasteiger partial charge in [-0.15, -0.1) is 0 Å². The van der Waals surface area contributed by atoms with Gasteiger partial charge in [-0.25, -0.2) is 0 Å². The lowest BCUT2D eigenvalue weighted by Crippen LogP contribution is -2.40. The molecule has 1 aliphatic heterocycles. The average Bonchev–Trinajstić information content (AvgIpc) is 3.45. The van der Waals surface area contributed by atoms with Gasteiger partial charge in [0.05, 0.1) is 17.0 Å². The van der Waals surface area contributed by atoms with Crippen LogP contribution in [0, 0.1) is 5.92 Å². The molecule has 1 saturated heterocycles. The standard InChI is InChI=1S/C19H20N2O3/c22-18(21-9-7-13(8-10-21)19(23)24)15-11-17(12-5-6-12)20-16-4-2-1-3-14(15)16/h1-4,11-13H,5-10H2,(H,23,24). The van der Waals surface area contributed by atoms with Crippen LogP contribution in [0.1, 0.15) is 47.7 Å². The number of benzene rings is 1. The van der Waals surface area contributed by atoms with Crippen molar-refractivity contribution in [1.82, 2.24) is 9.88 Å². The molecule has 2 aromatic rings. The minimum Gasteiger partial charge on any atom is -0.481 e. The smallest absolute Gasteiger partial charge is 0.306 e. The topological polar surface area (TPSA) is 70.5 Å². The van der Waals surface area contributed by atoms with Gasteiger partial charge in [-0.3, -0.25) is 14.6 Å². The molecule has 124 valence electrons. The maximum absolute atomic E-state index is 13.0. The highest BCUT2D eigenvalue weighted by atomic mass is 16.4. The summed E-state index contributed by atoms with van der Waals surface area (Å²) in [5.41, 5.74) is 2.58. The highest BCUT2D eigenvalue weighted by molar-refractivity contribution is 6.06. The van der Waals surface area contributed by atoms with Crippen molar-refractivity contribution < 1.29 is 14.7 Å². The maximum Gasteiger partial charge on any atom is 0.306 e. The Morgan fingerprint density at radius 1 is 1.08 bits per heavy atom. The predicted octanol–water partition coefficient (Wildman–Crippen LogP) is 3.05. The molecule has 1 N–H and O–H groups in total. The molecule has 2 aliphatic rings. The molecule has 1 aliphatic carbocycles. The minimum absolute atomic E-state index is 0.000612. The van der Waals surface area contributed by atoms with Gasteiger partial charge in [-0.05, 0) is 37.8 Å². The van der Waals surface area contributed by atoms with Gasteiger partial charge in [0, 0.05) is 30.1 Å². The maximum atomic E-state index is 13.0. The number of rotatable bonds is 3. The third kappa shape index (κ3) is 2.75. The summed E-state index contributed by atoms with van der Waals surface area (Å²) < 4.78 is 0. The van der Waals surface area contributed by atoms with E-state index in [-0.39, 0.29) is 11.8 Å². The van der Waals surface area contributed by atoms with Gasteiger partial charge in [0.2, 0.25) is 0 Å². The number of pyridine rings is 1. The van der Waals surface area contributed by atoms with Gasteiger partial charge in [0.15, 0.2) is 0 Å². The van der Waals surface area contributed by atoms with Crippen LogP contribution in [0.25, 0.3) is 10.9 Å². The lowest BCUT2D eigenvalue weighted by molar-refractivity contribution is -0.143. The zero-order chi connectivity index (χ0) is 16.7. The number of para-hydroxylation sites is 1. The van der Waals surface area contributed by atoms with Crippen molar-refractivity contribution in [3.63, 3.8) is 0 Å². The molecular formula is C19H20N2O3. The summed E-state index contributed by atoms with van der Waals surface area (Å²) in [5.74, 6) is -0.601. The van der Waals surface area contributed by atoms with Crippen LogP contribution in [0.3, 0.4) is 0 Å². The Bertz CT molecular complexity index is 805. The molecule has 1 saturated carbocycles. The molecule has 1 amide bonds. The van der Waals surface area contributed by atoms with Gasteiger partial charge in [0.1, 0.15) is 0 Å². The highest BCUT2D eigenvalue weighted by Crippen LogP contribution is 2.40. The number of likely N-dealkylation sites (tertiary alicyclic amines) is 1. The van der Waals surface area contributed by atoms with E-state index in [2.05, 4.69) is 0 Å². The third-order valence-corrected chi connectivity index (χ3v) is 5.09. The molecule has 0 atom stereocenters. The number of carbonyl (C=O) groups excluding carboxylic acids is 1. The van der Waals surface area contributed by atoms with Crippen LogP contribution in [-0.4, -0.2) is 40.0 Å². The van der Waals surface area contributed by atoms with Crippen molar-refractivity contribution >= 4 is 22.8 Å². The summed E-state index contributed by atoms with van der Waals surface area (Å²) in [6, 6.07) is 9.71. The molecule has 24 heavy (non-hydrogen) atoms. The molecule has 5 nitrogen and oxygen atoms in total. The van der Waals surface area contributed by atoms with Gasteiger partial charge in [-0.1, -0.05) is 18.2 Å². The van der Waals surface area contributed by atoms with Gasteiger partial charge >= 0.3 is 5.97 Å². The van der Waals surface area contributed by atoms with Crippen molar-refractivity contribution in [2.45, 2.75) is 31.6 Å². The number of amides is 1. The second-order valence-electron chi connectivity index (χ2n) is 6.79. The van der Waals surface area contributed by atoms with Crippen LogP contribution < -0.4 is 0 Å². The monoisotopic (exact) mass is 324 g/mol. The second kappa shape index (κ2) is 5.89. The molecule has 0 unspecified atom stereocenters. The average molecular weight is 324 g/mol. The summed E-state index contributed by atoms with van der Waals surface area (Å²) in [6.45, 7) is 1.01. The molecule has 5 heteroatoms. The Kier molecular flexibility index (Phi) is 3.71. The second-order valence-corrected chi connectivity index (χ2v) is 6.79. The van der Waals surface area contributed by atoms with E-state index >= 15 is 0 Å². The molecule has 1 aromatic carbocycles. The van der Waals surface area contributed by atoms with Crippen molar-refractivity contribution in [3.8, 4) is 0 Å². The Morgan fingerprint density at radius 2 is 1.79 bits per heavy atom. The predicted molar refractivity (Wildman–Crippen MR) is 90.0 cm³/mol. The van der Waals surface area contributed by atoms with Crippen LogP contribution >= 0.6 is 0 Å². The normalized spacial score (nSPS) is 18.8. The molecule has 0 bridgehead atoms. The minimum atomic E-state index is -0.757. The van der Waals surface area contributed by atoms with E-state index in [0.29, 0.717) is 37.4 Å². The zero-order valence-electron chi connectivity index (χ0n) is 13.4. The van der Waals surface area contributed by atoms with E-state index in [1.807, 2.05) is 30.3 Å². The summed E-state index contributed by atoms with van der Waals surface area (Å²) in [7, 11) is 0. The highest BCUT2D eigenvalue weighted by Gasteiger charge is 2.30. The fourth-order valence-corrected chi connectivity index (χ4v) is 3.46. The number of fused-ring (bicyclic) bond motifs is 1. The lowest BCUT2D eigenvalue weighted by Gasteiger charge is -2.30. The molecule has 2 heterocycles. The summed E-state index contributed by atoms with van der Waals surface area (Å²) in [5, 5.41) is 10.00. The molecule has 1 aromatic heterocycles. The first-order valence-corrected chi connectivity index (χ1v) is 8.55. The fraction of sp³-hybridized carbons (Fsp3) is 0.421. The van der Waals surface area contributed by atoms with Crippen molar-refractivity contribution in [2.75, 3.05) is 13.1 Å². The molecule has 0 spiro atoms. The lowest BCUT2D eigenvalue weighted by atomic mass is 9.96. The van der Waals surface area contributed by atoms with E-state index < -0.39 is 5.97 Å². The Morgan fingerprint density at radius 3 is 2.46 bits per heavy atom. The molecule has 4 rings (SSSR count). The van der Waals surface area contributed by atoms with E-state index in [9.17, 15) is 9.59 Å². The number of hydrogen-bond acceptors (Lipinski definition) is 3. The molecule has 2 fully saturated rings. The number of carbonyl (C=O) groups is 2. The quantitative estimate of drug-likeness (QED) is 0.942. The van der Waals surface area contributed by atoms with Crippen LogP contribution in [0.5, 0.6) is 0 Å². The van der Waals surface area contributed by atoms with E-state index in [4.69, 9.17) is 10.1 Å². The number of carboxylic acid groups (broad SMARTS) is 1. The Labute approximate surface area is 140 Å². The first-order chi connectivity index (χ1) is 11.6. The number of aliphatic carboxylic acids is 1. The van der Waals surface area contributed by atoms with Crippen LogP contribution in [-0.2, 0) is 4.79 Å². The number of hydrogen-bond donors (Lipinski definition) is 1. The summed E-state index contributed by atoms with van der Waals surface area (Å²) >= 11 is 0. The zero-order valence-corrected chi connectivity index (χ0v) is 13.4. The molecule has 0 radical (unpaired) electrons. The van der Waals surface area contributed by atoms with Gasteiger partial charge in [-0.2, -0.15) is 0 Å². The Balaban J connectivity index is 1.65. The van der Waals surface area contributed by atoms with E-state index in [1.54, 1.807) is 4.90 Å². The first-order valence-electron chi connectivity index (χ1n) is 8.55. The fourth-order valence-electron chi connectivity index (χ4n) is 3.46. The van der Waals surface area contributed by atoms with E-state index in [1.165, 1.54) is 0 Å². The molecular weight excluding hydrogens is 304 g/mol. The van der Waals surface area contributed by atoms with Crippen molar-refractivity contribution in [2.24, 2.45) is 5.92 Å². The summed E-state index contributed by atoms with van der Waals surface area (Å²) in [6.07, 6.45) is 3.34. The number of nitrogens with zero attached hydrogens (tertiary/aromatic N) is 2. The SMILES string of the molecule is O=C(O)C1CCN(C(=O)c2cc(C3CC3)nc3ccccc23)CC1. The van der Waals surface area contributed by atoms with Crippen LogP contribution in [0.15, 0.2) is 30.3 Å². The summed E-state index contributed by atoms with van der Waals surface area (Å²) in [4.78, 5) is 30.6. The van der Waals surface area contributed by atoms with Crippen molar-refractivity contribution in [1.29, 1.82) is 0 Å². The Hall–Kier alpha value is -2.43. The number of aromatic nitrogens is 1. The third-order valence-electron chi connectivity index (χ3n) is 5.09. The largest absolute Gasteiger partial charge is 0.481 e. The number of carboxylic acids is 1. The van der Waals surface area contributed by atoms with Crippen molar-refractivity contribution in [3.05, 3.63) is 41.6 Å². The van der Waals surface area contributed by atoms with E-state index in [0.717, 1.165) is 29.4 Å². The van der Waals surface area contributed by atoms with Crippen LogP contribution in [0.2, 0.25) is 0 Å². The first kappa shape index (κ1) is 15.1. The number of piperidine rings is 1. The van der Waals surface area contributed by atoms with Crippen LogP contribution in [0.4, 0.5) is 0 Å². The van der Waals surface area contributed by atoms with Gasteiger partial charge < -0.3 is 10.0 Å².